The minimum absolute atomic E-state index is 0.205. The summed E-state index contributed by atoms with van der Waals surface area (Å²) in [6.07, 6.45) is 0. The minimum atomic E-state index is -2.89. The number of rotatable bonds is 10. The lowest BCUT2D eigenvalue weighted by atomic mass is 9.31. The summed E-state index contributed by atoms with van der Waals surface area (Å²) in [5.41, 5.74) is 16.1. The molecule has 0 bridgehead atoms. The summed E-state index contributed by atoms with van der Waals surface area (Å²) >= 11 is 0. The standard InChI is InChI=1S/C84H58B2O2Si2/c1-7-31-63(32-8-1)89(64-33-9-2-10-34-64,65-35-11-3-12-36-65)69-43-27-29-59(53-69)61-55-73-71-45-19-21-47-75(71)86-78-50-24-26-52-80(78)88-82-58-62(56-74(84(82)86)72-46-20-22-48-76(72)85-77-49-23-25-51-79(77)87-81(57-61)83(73)85)60-30-28-44-70(54-60)90(66-37-13-4-14-38-66,67-39-15-5-16-40-67)68-41-17-6-18-42-68/h1-58H. The van der Waals surface area contributed by atoms with Crippen LogP contribution in [0, 0.1) is 0 Å². The zero-order chi connectivity index (χ0) is 59.6. The van der Waals surface area contributed by atoms with Crippen LogP contribution in [0.2, 0.25) is 0 Å². The molecule has 3 aliphatic heterocycles. The molecule has 3 aliphatic rings. The van der Waals surface area contributed by atoms with Crippen LogP contribution in [0.1, 0.15) is 0 Å². The van der Waals surface area contributed by atoms with Gasteiger partial charge in [0.2, 0.25) is 0 Å². The Morgan fingerprint density at radius 3 is 0.800 bits per heavy atom. The van der Waals surface area contributed by atoms with Gasteiger partial charge >= 0.3 is 0 Å². The molecule has 0 saturated heterocycles. The van der Waals surface area contributed by atoms with Gasteiger partial charge in [0.05, 0.1) is 0 Å². The summed E-state index contributed by atoms with van der Waals surface area (Å²) in [7, 11) is -5.78. The maximum atomic E-state index is 7.40. The van der Waals surface area contributed by atoms with Crippen molar-refractivity contribution < 1.29 is 9.47 Å². The highest BCUT2D eigenvalue weighted by molar-refractivity contribution is 7.20. The van der Waals surface area contributed by atoms with E-state index in [0.717, 1.165) is 78.2 Å². The Balaban J connectivity index is 0.915. The second kappa shape index (κ2) is 22.1. The normalized spacial score (nSPS) is 12.6. The molecule has 0 aliphatic carbocycles. The van der Waals surface area contributed by atoms with E-state index in [2.05, 4.69) is 352 Å². The third-order valence-electron chi connectivity index (χ3n) is 19.4. The van der Waals surface area contributed by atoms with Gasteiger partial charge < -0.3 is 9.47 Å². The van der Waals surface area contributed by atoms with Gasteiger partial charge in [0.25, 0.3) is 13.4 Å². The van der Waals surface area contributed by atoms with Crippen molar-refractivity contribution in [1.29, 1.82) is 0 Å². The van der Waals surface area contributed by atoms with Crippen molar-refractivity contribution >= 4 is 104 Å². The molecule has 17 rings (SSSR count). The number of ether oxygens (including phenoxy) is 2. The topological polar surface area (TPSA) is 18.5 Å². The fourth-order valence-corrected chi connectivity index (χ4v) is 25.2. The van der Waals surface area contributed by atoms with Crippen LogP contribution >= 0.6 is 0 Å². The van der Waals surface area contributed by atoms with Gasteiger partial charge in [0.1, 0.15) is 23.0 Å². The molecule has 0 saturated carbocycles. The van der Waals surface area contributed by atoms with Crippen LogP contribution < -0.4 is 83.7 Å². The quantitative estimate of drug-likeness (QED) is 0.100. The van der Waals surface area contributed by atoms with E-state index >= 15 is 0 Å². The van der Waals surface area contributed by atoms with Gasteiger partial charge in [-0.1, -0.05) is 326 Å². The van der Waals surface area contributed by atoms with E-state index in [-0.39, 0.29) is 13.4 Å². The molecule has 0 unspecified atom stereocenters. The van der Waals surface area contributed by atoms with Crippen molar-refractivity contribution in [3.63, 3.8) is 0 Å². The number of fused-ring (bicyclic) bond motifs is 10. The lowest BCUT2D eigenvalue weighted by molar-refractivity contribution is 0.487. The van der Waals surface area contributed by atoms with Crippen molar-refractivity contribution in [2.75, 3.05) is 0 Å². The molecule has 420 valence electrons. The van der Waals surface area contributed by atoms with Gasteiger partial charge in [-0.2, -0.15) is 0 Å². The second-order valence-electron chi connectivity index (χ2n) is 24.0. The molecular formula is C84H58B2O2Si2. The van der Waals surface area contributed by atoms with E-state index in [9.17, 15) is 0 Å². The van der Waals surface area contributed by atoms with Crippen molar-refractivity contribution in [2.45, 2.75) is 0 Å². The Labute approximate surface area is 529 Å². The fraction of sp³-hybridized carbons (Fsp3) is 0. The third kappa shape index (κ3) is 8.54. The number of hydrogen-bond donors (Lipinski definition) is 0. The van der Waals surface area contributed by atoms with Gasteiger partial charge in [-0.3, -0.25) is 0 Å². The summed E-state index contributed by atoms with van der Waals surface area (Å²) in [5, 5.41) is 10.7. The molecule has 14 aromatic rings. The molecule has 0 atom stereocenters. The number of hydrogen-bond acceptors (Lipinski definition) is 2. The number of benzene rings is 14. The Kier molecular flexibility index (Phi) is 13.2. The van der Waals surface area contributed by atoms with Gasteiger partial charge in [0.15, 0.2) is 16.1 Å². The largest absolute Gasteiger partial charge is 0.458 e. The maximum absolute atomic E-state index is 7.40. The van der Waals surface area contributed by atoms with E-state index in [0.29, 0.717) is 0 Å². The first-order valence-corrected chi connectivity index (χ1v) is 35.3. The molecular weight excluding hydrogens is 1120 g/mol. The van der Waals surface area contributed by atoms with Gasteiger partial charge in [-0.15, -0.1) is 0 Å². The molecule has 0 spiro atoms. The summed E-state index contributed by atoms with van der Waals surface area (Å²) < 4.78 is 14.8. The van der Waals surface area contributed by atoms with Crippen LogP contribution in [-0.4, -0.2) is 29.6 Å². The Morgan fingerprint density at radius 1 is 0.189 bits per heavy atom. The molecule has 0 amide bonds. The van der Waals surface area contributed by atoms with E-state index in [1.807, 2.05) is 0 Å². The summed E-state index contributed by atoms with van der Waals surface area (Å²) in [5.74, 6) is 3.45. The highest BCUT2D eigenvalue weighted by Gasteiger charge is 2.45. The predicted octanol–water partition coefficient (Wildman–Crippen LogP) is 10.7. The Hall–Kier alpha value is -10.8. The molecule has 2 nitrogen and oxygen atoms in total. The van der Waals surface area contributed by atoms with E-state index in [1.54, 1.807) is 0 Å². The van der Waals surface area contributed by atoms with Crippen LogP contribution in [0.15, 0.2) is 352 Å². The first-order valence-electron chi connectivity index (χ1n) is 31.3. The van der Waals surface area contributed by atoms with Crippen LogP contribution in [-0.2, 0) is 0 Å². The highest BCUT2D eigenvalue weighted by atomic mass is 28.3. The Morgan fingerprint density at radius 2 is 0.467 bits per heavy atom. The van der Waals surface area contributed by atoms with Crippen molar-refractivity contribution in [3.05, 3.63) is 352 Å². The predicted molar refractivity (Wildman–Crippen MR) is 384 cm³/mol. The highest BCUT2D eigenvalue weighted by Crippen LogP contribution is 2.40. The smallest absolute Gasteiger partial charge is 0.252 e. The maximum Gasteiger partial charge on any atom is 0.252 e. The SMILES string of the molecule is c1ccc([Si](c2ccccc2)(c2ccccc2)c2cccc(-c3cc4c5c(c3)-c3ccccc3B3c6ccccc6Oc6cc(-c7cccc([Si](c8ccccc8)(c8ccccc8)c8ccccc8)c7)cc(c63)-c3ccccc3B5c3ccccc3O4)c2)cc1. The van der Waals surface area contributed by atoms with Crippen molar-refractivity contribution in [2.24, 2.45) is 0 Å². The fourth-order valence-electron chi connectivity index (χ4n) is 15.6. The average molecular weight is 1180 g/mol. The van der Waals surface area contributed by atoms with Crippen molar-refractivity contribution in [3.8, 4) is 67.5 Å². The molecule has 0 radical (unpaired) electrons. The Bertz CT molecular complexity index is 4510. The summed E-state index contributed by atoms with van der Waals surface area (Å²) in [6.45, 7) is -0.409. The first kappa shape index (κ1) is 53.5. The van der Waals surface area contributed by atoms with Crippen LogP contribution in [0.3, 0.4) is 0 Å². The molecule has 0 aromatic heterocycles. The molecule has 90 heavy (non-hydrogen) atoms. The zero-order valence-electron chi connectivity index (χ0n) is 49.5. The van der Waals surface area contributed by atoms with E-state index < -0.39 is 16.1 Å². The summed E-state index contributed by atoms with van der Waals surface area (Å²) in [4.78, 5) is 0. The van der Waals surface area contributed by atoms with Crippen LogP contribution in [0.4, 0.5) is 0 Å². The minimum Gasteiger partial charge on any atom is -0.458 e. The van der Waals surface area contributed by atoms with Crippen LogP contribution in [0.5, 0.6) is 23.0 Å². The molecule has 6 heteroatoms. The molecule has 3 heterocycles. The van der Waals surface area contributed by atoms with Gasteiger partial charge in [0, 0.05) is 0 Å². The van der Waals surface area contributed by atoms with Gasteiger partial charge in [-0.25, -0.2) is 0 Å². The lowest BCUT2D eigenvalue weighted by Crippen LogP contribution is -2.74. The average Bonchev–Trinajstić information content (AvgIpc) is 0.815. The monoisotopic (exact) mass is 1180 g/mol. The second-order valence-corrected chi connectivity index (χ2v) is 31.7. The molecule has 0 N–H and O–H groups in total. The molecule has 0 fully saturated rings. The third-order valence-corrected chi connectivity index (χ3v) is 28.9. The zero-order valence-corrected chi connectivity index (χ0v) is 51.5. The van der Waals surface area contributed by atoms with Gasteiger partial charge in [-0.05, 0) is 144 Å². The number of para-hydroxylation sites is 2. The van der Waals surface area contributed by atoms with E-state index in [4.69, 9.17) is 9.47 Å². The van der Waals surface area contributed by atoms with Crippen LogP contribution in [0.25, 0.3) is 44.5 Å². The molecule has 14 aromatic carbocycles. The summed E-state index contributed by atoms with van der Waals surface area (Å²) in [6, 6.07) is 132. The van der Waals surface area contributed by atoms with E-state index in [1.165, 1.54) is 63.5 Å². The first-order chi connectivity index (χ1) is 44.6. The lowest BCUT2D eigenvalue weighted by Gasteiger charge is -2.36. The van der Waals surface area contributed by atoms with Crippen molar-refractivity contribution in [1.82, 2.24) is 0 Å².